The SMILES string of the molecule is COc1ccc2c(c1)CCCC2CC(=O)Nc1cnc(C(C)(C)C)nc1. The second-order valence-corrected chi connectivity index (χ2v) is 7.95. The van der Waals surface area contributed by atoms with Gasteiger partial charge in [-0.05, 0) is 48.4 Å². The highest BCUT2D eigenvalue weighted by Gasteiger charge is 2.23. The van der Waals surface area contributed by atoms with E-state index in [4.69, 9.17) is 4.74 Å². The molecule has 0 bridgehead atoms. The van der Waals surface area contributed by atoms with Crippen LogP contribution in [0.25, 0.3) is 0 Å². The van der Waals surface area contributed by atoms with Gasteiger partial charge in [0.05, 0.1) is 25.2 Å². The quantitative estimate of drug-likeness (QED) is 0.893. The number of aryl methyl sites for hydroxylation is 1. The molecule has 0 radical (unpaired) electrons. The molecule has 3 rings (SSSR count). The van der Waals surface area contributed by atoms with Crippen molar-refractivity contribution in [3.05, 3.63) is 47.5 Å². The number of carbonyl (C=O) groups excluding carboxylic acids is 1. The lowest BCUT2D eigenvalue weighted by Gasteiger charge is -2.25. The topological polar surface area (TPSA) is 64.1 Å². The summed E-state index contributed by atoms with van der Waals surface area (Å²) in [6.07, 6.45) is 7.02. The summed E-state index contributed by atoms with van der Waals surface area (Å²) >= 11 is 0. The molecule has 5 nitrogen and oxygen atoms in total. The molecule has 1 heterocycles. The number of aromatic nitrogens is 2. The van der Waals surface area contributed by atoms with E-state index in [9.17, 15) is 4.79 Å². The summed E-state index contributed by atoms with van der Waals surface area (Å²) in [5.74, 6) is 1.90. The molecule has 1 aromatic carbocycles. The molecule has 1 N–H and O–H groups in total. The zero-order valence-electron chi connectivity index (χ0n) is 16.0. The van der Waals surface area contributed by atoms with Crippen LogP contribution in [0.15, 0.2) is 30.6 Å². The van der Waals surface area contributed by atoms with Crippen LogP contribution < -0.4 is 10.1 Å². The Kier molecular flexibility index (Phi) is 5.25. The number of carbonyl (C=O) groups is 1. The van der Waals surface area contributed by atoms with Gasteiger partial charge in [-0.3, -0.25) is 4.79 Å². The van der Waals surface area contributed by atoms with Crippen molar-refractivity contribution in [2.45, 2.75) is 57.8 Å². The Morgan fingerprint density at radius 2 is 2.00 bits per heavy atom. The molecule has 0 saturated carbocycles. The summed E-state index contributed by atoms with van der Waals surface area (Å²) in [7, 11) is 1.68. The van der Waals surface area contributed by atoms with Gasteiger partial charge in [-0.15, -0.1) is 0 Å². The summed E-state index contributed by atoms with van der Waals surface area (Å²) in [6, 6.07) is 6.18. The third kappa shape index (κ3) is 4.21. The van der Waals surface area contributed by atoms with Crippen LogP contribution in [-0.2, 0) is 16.6 Å². The van der Waals surface area contributed by atoms with Crippen LogP contribution in [0.1, 0.15) is 62.9 Å². The van der Waals surface area contributed by atoms with Crippen LogP contribution in [0.4, 0.5) is 5.69 Å². The van der Waals surface area contributed by atoms with Gasteiger partial charge in [-0.25, -0.2) is 9.97 Å². The molecule has 1 unspecified atom stereocenters. The molecule has 1 amide bonds. The largest absolute Gasteiger partial charge is 0.497 e. The maximum atomic E-state index is 12.5. The van der Waals surface area contributed by atoms with Crippen molar-refractivity contribution < 1.29 is 9.53 Å². The second kappa shape index (κ2) is 7.44. The smallest absolute Gasteiger partial charge is 0.225 e. The molecule has 26 heavy (non-hydrogen) atoms. The molecule has 1 aromatic heterocycles. The van der Waals surface area contributed by atoms with Gasteiger partial charge in [-0.1, -0.05) is 26.8 Å². The van der Waals surface area contributed by atoms with Crippen molar-refractivity contribution in [3.63, 3.8) is 0 Å². The predicted octanol–water partition coefficient (Wildman–Crippen LogP) is 4.23. The van der Waals surface area contributed by atoms with Gasteiger partial charge in [-0.2, -0.15) is 0 Å². The highest BCUT2D eigenvalue weighted by molar-refractivity contribution is 5.91. The third-order valence-corrected chi connectivity index (χ3v) is 4.83. The van der Waals surface area contributed by atoms with Gasteiger partial charge < -0.3 is 10.1 Å². The van der Waals surface area contributed by atoms with E-state index in [1.165, 1.54) is 11.1 Å². The number of nitrogens with one attached hydrogen (secondary N) is 1. The van der Waals surface area contributed by atoms with E-state index in [0.29, 0.717) is 12.1 Å². The fourth-order valence-electron chi connectivity index (χ4n) is 3.45. The van der Waals surface area contributed by atoms with Crippen molar-refractivity contribution in [3.8, 4) is 5.75 Å². The molecule has 1 aliphatic rings. The van der Waals surface area contributed by atoms with Crippen LogP contribution in [0.3, 0.4) is 0 Å². The number of amides is 1. The summed E-state index contributed by atoms with van der Waals surface area (Å²) in [5.41, 5.74) is 3.11. The number of anilines is 1. The van der Waals surface area contributed by atoms with Crippen LogP contribution in [0.2, 0.25) is 0 Å². The zero-order valence-corrected chi connectivity index (χ0v) is 16.0. The summed E-state index contributed by atoms with van der Waals surface area (Å²) in [4.78, 5) is 21.2. The molecule has 0 fully saturated rings. The minimum atomic E-state index is -0.102. The number of hydrogen-bond acceptors (Lipinski definition) is 4. The van der Waals surface area contributed by atoms with Gasteiger partial charge in [0.2, 0.25) is 5.91 Å². The summed E-state index contributed by atoms with van der Waals surface area (Å²) < 4.78 is 5.32. The maximum absolute atomic E-state index is 12.5. The molecule has 1 aliphatic carbocycles. The number of rotatable bonds is 4. The van der Waals surface area contributed by atoms with Crippen LogP contribution in [0.5, 0.6) is 5.75 Å². The normalized spacial score (nSPS) is 16.7. The molecular weight excluding hydrogens is 326 g/mol. The average Bonchev–Trinajstić information content (AvgIpc) is 2.61. The zero-order chi connectivity index (χ0) is 18.7. The minimum Gasteiger partial charge on any atom is -0.497 e. The Morgan fingerprint density at radius 3 is 2.65 bits per heavy atom. The van der Waals surface area contributed by atoms with E-state index in [1.807, 2.05) is 6.07 Å². The molecular formula is C21H27N3O2. The average molecular weight is 353 g/mol. The number of hydrogen-bond donors (Lipinski definition) is 1. The lowest BCUT2D eigenvalue weighted by atomic mass is 9.81. The second-order valence-electron chi connectivity index (χ2n) is 7.95. The lowest BCUT2D eigenvalue weighted by molar-refractivity contribution is -0.116. The Hall–Kier alpha value is -2.43. The third-order valence-electron chi connectivity index (χ3n) is 4.83. The van der Waals surface area contributed by atoms with Crippen LogP contribution in [-0.4, -0.2) is 23.0 Å². The van der Waals surface area contributed by atoms with Crippen molar-refractivity contribution >= 4 is 11.6 Å². The predicted molar refractivity (Wildman–Crippen MR) is 103 cm³/mol. The van der Waals surface area contributed by atoms with Gasteiger partial charge in [0.25, 0.3) is 0 Å². The summed E-state index contributed by atoms with van der Waals surface area (Å²) in [6.45, 7) is 6.20. The van der Waals surface area contributed by atoms with E-state index in [0.717, 1.165) is 30.8 Å². The molecule has 1 atom stereocenters. The summed E-state index contributed by atoms with van der Waals surface area (Å²) in [5, 5.41) is 2.93. The lowest BCUT2D eigenvalue weighted by Crippen LogP contribution is -2.20. The van der Waals surface area contributed by atoms with Crippen molar-refractivity contribution in [2.24, 2.45) is 0 Å². The van der Waals surface area contributed by atoms with Gasteiger partial charge >= 0.3 is 0 Å². The van der Waals surface area contributed by atoms with Crippen molar-refractivity contribution in [2.75, 3.05) is 12.4 Å². The minimum absolute atomic E-state index is 0.00535. The standard InChI is InChI=1S/C21H27N3O2/c1-21(2,3)20-22-12-16(13-23-20)24-19(25)11-15-7-5-6-14-10-17(26-4)8-9-18(14)15/h8-10,12-13,15H,5-7,11H2,1-4H3,(H,24,25). The highest BCUT2D eigenvalue weighted by Crippen LogP contribution is 2.36. The fourth-order valence-corrected chi connectivity index (χ4v) is 3.45. The van der Waals surface area contributed by atoms with Crippen LogP contribution in [0, 0.1) is 0 Å². The van der Waals surface area contributed by atoms with Crippen LogP contribution >= 0.6 is 0 Å². The number of nitrogens with zero attached hydrogens (tertiary/aromatic N) is 2. The van der Waals surface area contributed by atoms with E-state index >= 15 is 0 Å². The monoisotopic (exact) mass is 353 g/mol. The van der Waals surface area contributed by atoms with Gasteiger partial charge in [0.1, 0.15) is 11.6 Å². The number of fused-ring (bicyclic) bond motifs is 1. The van der Waals surface area contributed by atoms with E-state index in [1.54, 1.807) is 19.5 Å². The molecule has 5 heteroatoms. The Labute approximate surface area is 155 Å². The molecule has 2 aromatic rings. The Balaban J connectivity index is 1.66. The number of benzene rings is 1. The van der Waals surface area contributed by atoms with Crippen molar-refractivity contribution in [1.29, 1.82) is 0 Å². The van der Waals surface area contributed by atoms with Crippen molar-refractivity contribution in [1.82, 2.24) is 9.97 Å². The fraction of sp³-hybridized carbons (Fsp3) is 0.476. The molecule has 138 valence electrons. The highest BCUT2D eigenvalue weighted by atomic mass is 16.5. The first-order valence-electron chi connectivity index (χ1n) is 9.16. The first-order valence-corrected chi connectivity index (χ1v) is 9.16. The molecule has 0 saturated heterocycles. The first-order chi connectivity index (χ1) is 12.4. The molecule has 0 aliphatic heterocycles. The van der Waals surface area contributed by atoms with Gasteiger partial charge in [0.15, 0.2) is 0 Å². The Bertz CT molecular complexity index is 779. The molecule has 0 spiro atoms. The van der Waals surface area contributed by atoms with E-state index in [2.05, 4.69) is 48.2 Å². The number of ether oxygens (including phenoxy) is 1. The maximum Gasteiger partial charge on any atom is 0.225 e. The Morgan fingerprint density at radius 1 is 1.27 bits per heavy atom. The van der Waals surface area contributed by atoms with E-state index < -0.39 is 0 Å². The first kappa shape index (κ1) is 18.4. The number of methoxy groups -OCH3 is 1. The van der Waals surface area contributed by atoms with Gasteiger partial charge in [0, 0.05) is 11.8 Å². The van der Waals surface area contributed by atoms with E-state index in [-0.39, 0.29) is 17.2 Å².